The van der Waals surface area contributed by atoms with Crippen molar-refractivity contribution >= 4 is 0 Å². The fraction of sp³-hybridized carbons (Fsp3) is 0.625. The molecular weight excluding hydrogens is 260 g/mol. The third-order valence-electron chi connectivity index (χ3n) is 3.94. The summed E-state index contributed by atoms with van der Waals surface area (Å²) in [5.41, 5.74) is 0.803. The first-order valence-electron chi connectivity index (χ1n) is 7.46. The minimum atomic E-state index is -2.78. The molecule has 0 amide bonds. The highest BCUT2D eigenvalue weighted by Gasteiger charge is 2.18. The normalized spacial score (nSPS) is 18.8. The average molecular weight is 283 g/mol. The smallest absolute Gasteiger partial charge is 0.387 e. The summed E-state index contributed by atoms with van der Waals surface area (Å²) in [5.74, 6) is 0.274. The Morgan fingerprint density at radius 2 is 1.75 bits per heavy atom. The van der Waals surface area contributed by atoms with Crippen molar-refractivity contribution in [3.8, 4) is 5.75 Å². The molecule has 4 heteroatoms. The van der Waals surface area contributed by atoms with E-state index in [9.17, 15) is 8.78 Å². The first-order valence-corrected chi connectivity index (χ1v) is 7.46. The lowest BCUT2D eigenvalue weighted by atomic mass is 10.0. The van der Waals surface area contributed by atoms with Crippen molar-refractivity contribution in [1.29, 1.82) is 0 Å². The third kappa shape index (κ3) is 4.44. The molecule has 0 saturated heterocycles. The van der Waals surface area contributed by atoms with Gasteiger partial charge in [0, 0.05) is 17.6 Å². The average Bonchev–Trinajstić information content (AvgIpc) is 2.67. The lowest BCUT2D eigenvalue weighted by Gasteiger charge is -2.24. The zero-order valence-electron chi connectivity index (χ0n) is 11.9. The summed E-state index contributed by atoms with van der Waals surface area (Å²) in [4.78, 5) is 0. The molecule has 0 bridgehead atoms. The van der Waals surface area contributed by atoms with Gasteiger partial charge in [-0.3, -0.25) is 0 Å². The molecule has 1 unspecified atom stereocenters. The Kier molecular flexibility index (Phi) is 5.77. The predicted molar refractivity (Wildman–Crippen MR) is 76.1 cm³/mol. The summed E-state index contributed by atoms with van der Waals surface area (Å²) in [6, 6.07) is 7.54. The van der Waals surface area contributed by atoms with Gasteiger partial charge in [0.2, 0.25) is 0 Å². The summed E-state index contributed by atoms with van der Waals surface area (Å²) in [6.45, 7) is -0.764. The monoisotopic (exact) mass is 283 g/mol. The van der Waals surface area contributed by atoms with Gasteiger partial charge in [-0.2, -0.15) is 8.78 Å². The maximum Gasteiger partial charge on any atom is 0.387 e. The molecule has 1 aliphatic rings. The van der Waals surface area contributed by atoms with E-state index in [1.54, 1.807) is 12.1 Å². The Morgan fingerprint density at radius 3 is 2.40 bits per heavy atom. The molecule has 1 N–H and O–H groups in total. The second-order valence-electron chi connectivity index (χ2n) is 5.49. The number of halogens is 2. The minimum absolute atomic E-state index is 0.0213. The van der Waals surface area contributed by atoms with Crippen molar-refractivity contribution < 1.29 is 13.5 Å². The molecule has 1 aromatic carbocycles. The maximum atomic E-state index is 12.4. The zero-order chi connectivity index (χ0) is 14.4. The second kappa shape index (κ2) is 7.58. The van der Waals surface area contributed by atoms with E-state index in [2.05, 4.69) is 10.1 Å². The van der Waals surface area contributed by atoms with Crippen LogP contribution < -0.4 is 10.1 Å². The number of benzene rings is 1. The van der Waals surface area contributed by atoms with Crippen LogP contribution in [-0.4, -0.2) is 12.7 Å². The van der Waals surface area contributed by atoms with E-state index in [0.29, 0.717) is 6.04 Å². The number of ether oxygens (including phenoxy) is 1. The van der Waals surface area contributed by atoms with E-state index in [1.165, 1.54) is 38.5 Å². The number of hydrogen-bond acceptors (Lipinski definition) is 2. The molecule has 1 atom stereocenters. The molecule has 0 heterocycles. The standard InChI is InChI=1S/C16H23F2NO/c1-12(19-13-8-4-2-3-5-9-13)14-10-6-7-11-15(14)20-16(17)18/h6-7,10-13,16,19H,2-5,8-9H2,1H3. The van der Waals surface area contributed by atoms with Crippen LogP contribution in [0, 0.1) is 0 Å². The van der Waals surface area contributed by atoms with Gasteiger partial charge in [-0.1, -0.05) is 43.9 Å². The molecule has 1 aromatic rings. The van der Waals surface area contributed by atoms with Gasteiger partial charge in [-0.25, -0.2) is 0 Å². The topological polar surface area (TPSA) is 21.3 Å². The van der Waals surface area contributed by atoms with E-state index in [4.69, 9.17) is 0 Å². The van der Waals surface area contributed by atoms with Crippen LogP contribution in [0.15, 0.2) is 24.3 Å². The Morgan fingerprint density at radius 1 is 1.10 bits per heavy atom. The predicted octanol–water partition coefficient (Wildman–Crippen LogP) is 4.66. The molecule has 1 aliphatic carbocycles. The van der Waals surface area contributed by atoms with Gasteiger partial charge in [0.25, 0.3) is 0 Å². The number of alkyl halides is 2. The Bertz CT molecular complexity index is 403. The molecule has 1 saturated carbocycles. The van der Waals surface area contributed by atoms with Crippen molar-refractivity contribution in [2.24, 2.45) is 0 Å². The van der Waals surface area contributed by atoms with Gasteiger partial charge in [-0.15, -0.1) is 0 Å². The van der Waals surface area contributed by atoms with Crippen LogP contribution in [0.4, 0.5) is 8.78 Å². The van der Waals surface area contributed by atoms with Crippen molar-refractivity contribution in [1.82, 2.24) is 5.32 Å². The van der Waals surface area contributed by atoms with Crippen LogP contribution in [0.5, 0.6) is 5.75 Å². The molecule has 0 radical (unpaired) electrons. The van der Waals surface area contributed by atoms with Gasteiger partial charge in [-0.05, 0) is 25.8 Å². The molecule has 0 spiro atoms. The van der Waals surface area contributed by atoms with Crippen LogP contribution in [-0.2, 0) is 0 Å². The largest absolute Gasteiger partial charge is 0.434 e. The zero-order valence-corrected chi connectivity index (χ0v) is 11.9. The second-order valence-corrected chi connectivity index (χ2v) is 5.49. The summed E-state index contributed by atoms with van der Waals surface area (Å²) < 4.78 is 29.5. The van der Waals surface area contributed by atoms with E-state index >= 15 is 0 Å². The number of nitrogens with one attached hydrogen (secondary N) is 1. The van der Waals surface area contributed by atoms with Gasteiger partial charge >= 0.3 is 6.61 Å². The summed E-state index contributed by atoms with van der Waals surface area (Å²) in [6.07, 6.45) is 7.44. The van der Waals surface area contributed by atoms with E-state index < -0.39 is 6.61 Å². The van der Waals surface area contributed by atoms with Gasteiger partial charge in [0.1, 0.15) is 5.75 Å². The Balaban J connectivity index is 2.02. The first-order chi connectivity index (χ1) is 9.66. The van der Waals surface area contributed by atoms with E-state index in [0.717, 1.165) is 5.56 Å². The van der Waals surface area contributed by atoms with Crippen LogP contribution in [0.3, 0.4) is 0 Å². The molecule has 2 rings (SSSR count). The third-order valence-corrected chi connectivity index (χ3v) is 3.94. The highest BCUT2D eigenvalue weighted by Crippen LogP contribution is 2.28. The molecule has 112 valence electrons. The van der Waals surface area contributed by atoms with Gasteiger partial charge in [0.05, 0.1) is 0 Å². The number of hydrogen-bond donors (Lipinski definition) is 1. The number of para-hydroxylation sites is 1. The van der Waals surface area contributed by atoms with Crippen LogP contribution >= 0.6 is 0 Å². The Hall–Kier alpha value is -1.16. The molecule has 20 heavy (non-hydrogen) atoms. The van der Waals surface area contributed by atoms with Crippen molar-refractivity contribution in [3.63, 3.8) is 0 Å². The van der Waals surface area contributed by atoms with Gasteiger partial charge < -0.3 is 10.1 Å². The Labute approximate surface area is 119 Å². The summed E-state index contributed by atoms with van der Waals surface area (Å²) in [5, 5.41) is 3.56. The minimum Gasteiger partial charge on any atom is -0.434 e. The fourth-order valence-electron chi connectivity index (χ4n) is 2.93. The molecular formula is C16H23F2NO. The first kappa shape index (κ1) is 15.2. The highest BCUT2D eigenvalue weighted by molar-refractivity contribution is 5.35. The van der Waals surface area contributed by atoms with Crippen molar-refractivity contribution in [2.75, 3.05) is 0 Å². The van der Waals surface area contributed by atoms with Crippen molar-refractivity contribution in [2.45, 2.75) is 64.1 Å². The van der Waals surface area contributed by atoms with Gasteiger partial charge in [0.15, 0.2) is 0 Å². The molecule has 1 fully saturated rings. The number of rotatable bonds is 5. The SMILES string of the molecule is CC(NC1CCCCCC1)c1ccccc1OC(F)F. The van der Waals surface area contributed by atoms with Crippen molar-refractivity contribution in [3.05, 3.63) is 29.8 Å². The molecule has 2 nitrogen and oxygen atoms in total. The fourth-order valence-corrected chi connectivity index (χ4v) is 2.93. The lowest BCUT2D eigenvalue weighted by molar-refractivity contribution is -0.0506. The molecule has 0 aromatic heterocycles. The van der Waals surface area contributed by atoms with Crippen LogP contribution in [0.1, 0.15) is 57.1 Å². The van der Waals surface area contributed by atoms with E-state index in [1.807, 2.05) is 19.1 Å². The molecule has 0 aliphatic heterocycles. The summed E-state index contributed by atoms with van der Waals surface area (Å²) in [7, 11) is 0. The highest BCUT2D eigenvalue weighted by atomic mass is 19.3. The van der Waals surface area contributed by atoms with E-state index in [-0.39, 0.29) is 11.8 Å². The van der Waals surface area contributed by atoms with Crippen LogP contribution in [0.25, 0.3) is 0 Å². The van der Waals surface area contributed by atoms with Crippen LogP contribution in [0.2, 0.25) is 0 Å². The quantitative estimate of drug-likeness (QED) is 0.793. The lowest BCUT2D eigenvalue weighted by Crippen LogP contribution is -2.31. The summed E-state index contributed by atoms with van der Waals surface area (Å²) >= 11 is 0. The maximum absolute atomic E-state index is 12.4.